The van der Waals surface area contributed by atoms with E-state index in [1.54, 1.807) is 28.8 Å². The summed E-state index contributed by atoms with van der Waals surface area (Å²) in [7, 11) is 0. The number of thiazole rings is 1. The van der Waals surface area contributed by atoms with Gasteiger partial charge in [-0.25, -0.2) is 4.98 Å². The normalized spacial score (nSPS) is 11.0. The fraction of sp³-hybridized carbons (Fsp3) is 0. The van der Waals surface area contributed by atoms with Crippen molar-refractivity contribution in [1.82, 2.24) is 4.98 Å². The maximum Gasteiger partial charge on any atom is 0.222 e. The van der Waals surface area contributed by atoms with Crippen LogP contribution >= 0.6 is 22.7 Å². The fourth-order valence-corrected chi connectivity index (χ4v) is 3.34. The number of phenolic OH excluding ortho intramolecular Hbond substituents is 1. The number of aromatic nitrogens is 1. The van der Waals surface area contributed by atoms with Crippen molar-refractivity contribution >= 4 is 32.8 Å². The smallest absolute Gasteiger partial charge is 0.222 e. The van der Waals surface area contributed by atoms with Crippen molar-refractivity contribution in [2.24, 2.45) is 0 Å². The molecule has 0 bridgehead atoms. The lowest BCUT2D eigenvalue weighted by Gasteiger charge is -1.89. The van der Waals surface area contributed by atoms with Gasteiger partial charge < -0.3 is 10.2 Å². The van der Waals surface area contributed by atoms with Crippen LogP contribution in [0.15, 0.2) is 29.6 Å². The first-order valence-corrected chi connectivity index (χ1v) is 6.29. The lowest BCUT2D eigenvalue weighted by molar-refractivity contribution is 0.458. The molecule has 0 atom stereocenters. The van der Waals surface area contributed by atoms with Crippen LogP contribution in [0.4, 0.5) is 0 Å². The van der Waals surface area contributed by atoms with Gasteiger partial charge in [-0.2, -0.15) is 0 Å². The summed E-state index contributed by atoms with van der Waals surface area (Å²) >= 11 is 2.96. The molecule has 3 nitrogen and oxygen atoms in total. The largest absolute Gasteiger partial charge is 0.508 e. The van der Waals surface area contributed by atoms with E-state index in [4.69, 9.17) is 0 Å². The second-order valence-electron chi connectivity index (χ2n) is 3.34. The number of benzene rings is 1. The van der Waals surface area contributed by atoms with E-state index in [9.17, 15) is 10.2 Å². The van der Waals surface area contributed by atoms with Crippen molar-refractivity contribution in [1.29, 1.82) is 0 Å². The van der Waals surface area contributed by atoms with E-state index in [0.717, 1.165) is 20.0 Å². The Kier molecular flexibility index (Phi) is 2.08. The van der Waals surface area contributed by atoms with Gasteiger partial charge in [0.25, 0.3) is 0 Å². The van der Waals surface area contributed by atoms with Crippen molar-refractivity contribution in [3.05, 3.63) is 29.6 Å². The SMILES string of the molecule is Oc1ccc2cc(-c3nc(O)cs3)sc2c1. The third kappa shape index (κ3) is 1.54. The highest BCUT2D eigenvalue weighted by Gasteiger charge is 2.08. The van der Waals surface area contributed by atoms with Crippen LogP contribution in [-0.2, 0) is 0 Å². The monoisotopic (exact) mass is 249 g/mol. The van der Waals surface area contributed by atoms with Crippen LogP contribution in [0, 0.1) is 0 Å². The molecule has 0 aliphatic rings. The molecule has 3 rings (SSSR count). The Labute approximate surface area is 99.3 Å². The molecule has 1 aromatic carbocycles. The topological polar surface area (TPSA) is 53.4 Å². The minimum absolute atomic E-state index is 0.0558. The van der Waals surface area contributed by atoms with Gasteiger partial charge in [-0.1, -0.05) is 0 Å². The third-order valence-corrected chi connectivity index (χ3v) is 4.30. The molecule has 0 fully saturated rings. The molecule has 2 aromatic heterocycles. The molecule has 16 heavy (non-hydrogen) atoms. The summed E-state index contributed by atoms with van der Waals surface area (Å²) in [4.78, 5) is 5.03. The molecule has 2 heterocycles. The number of phenols is 1. The zero-order valence-corrected chi connectivity index (χ0v) is 9.68. The maximum absolute atomic E-state index is 9.37. The van der Waals surface area contributed by atoms with E-state index in [1.807, 2.05) is 12.1 Å². The van der Waals surface area contributed by atoms with Gasteiger partial charge in [0.15, 0.2) is 0 Å². The number of fused-ring (bicyclic) bond motifs is 1. The van der Waals surface area contributed by atoms with Crippen molar-refractivity contribution in [2.45, 2.75) is 0 Å². The molecule has 0 saturated carbocycles. The number of rotatable bonds is 1. The number of nitrogens with zero attached hydrogens (tertiary/aromatic N) is 1. The van der Waals surface area contributed by atoms with E-state index in [0.29, 0.717) is 0 Å². The van der Waals surface area contributed by atoms with Gasteiger partial charge in [-0.05, 0) is 29.7 Å². The van der Waals surface area contributed by atoms with Gasteiger partial charge in [0.2, 0.25) is 5.88 Å². The van der Waals surface area contributed by atoms with E-state index in [1.165, 1.54) is 11.3 Å². The van der Waals surface area contributed by atoms with Crippen LogP contribution in [0.2, 0.25) is 0 Å². The summed E-state index contributed by atoms with van der Waals surface area (Å²) < 4.78 is 1.02. The number of aromatic hydroxyl groups is 2. The minimum atomic E-state index is 0.0558. The third-order valence-electron chi connectivity index (χ3n) is 2.21. The van der Waals surface area contributed by atoms with Crippen LogP contribution in [-0.4, -0.2) is 15.2 Å². The molecule has 5 heteroatoms. The van der Waals surface area contributed by atoms with Gasteiger partial charge in [0, 0.05) is 4.70 Å². The van der Waals surface area contributed by atoms with E-state index in [2.05, 4.69) is 4.98 Å². The second kappa shape index (κ2) is 3.47. The highest BCUT2D eigenvalue weighted by atomic mass is 32.1. The first-order valence-electron chi connectivity index (χ1n) is 4.60. The molecule has 0 unspecified atom stereocenters. The molecule has 2 N–H and O–H groups in total. The van der Waals surface area contributed by atoms with Gasteiger partial charge >= 0.3 is 0 Å². The van der Waals surface area contributed by atoms with Gasteiger partial charge in [-0.15, -0.1) is 22.7 Å². The summed E-state index contributed by atoms with van der Waals surface area (Å²) in [5.74, 6) is 0.322. The minimum Gasteiger partial charge on any atom is -0.508 e. The molecule has 80 valence electrons. The van der Waals surface area contributed by atoms with Crippen molar-refractivity contribution in [3.8, 4) is 21.5 Å². The Balaban J connectivity index is 2.18. The summed E-state index contributed by atoms with van der Waals surface area (Å²) in [6.45, 7) is 0. The Hall–Kier alpha value is -1.59. The zero-order chi connectivity index (χ0) is 11.1. The number of thiophene rings is 1. The van der Waals surface area contributed by atoms with Crippen LogP contribution in [0.1, 0.15) is 0 Å². The maximum atomic E-state index is 9.37. The highest BCUT2D eigenvalue weighted by molar-refractivity contribution is 7.25. The molecule has 0 spiro atoms. The molecule has 3 aromatic rings. The van der Waals surface area contributed by atoms with E-state index >= 15 is 0 Å². The average Bonchev–Trinajstić information content (AvgIpc) is 2.83. The molecule has 0 amide bonds. The first kappa shape index (κ1) is 9.62. The fourth-order valence-electron chi connectivity index (χ4n) is 1.50. The van der Waals surface area contributed by atoms with Crippen LogP contribution < -0.4 is 0 Å². The summed E-state index contributed by atoms with van der Waals surface area (Å²) in [5, 5.41) is 22.1. The summed E-state index contributed by atoms with van der Waals surface area (Å²) in [6.07, 6.45) is 0. The molecule has 0 radical (unpaired) electrons. The van der Waals surface area contributed by atoms with Crippen LogP contribution in [0.25, 0.3) is 20.0 Å². The predicted octanol–water partition coefficient (Wildman–Crippen LogP) is 3.44. The van der Waals surface area contributed by atoms with E-state index < -0.39 is 0 Å². The molecule has 0 aliphatic heterocycles. The molecule has 0 saturated heterocycles. The Morgan fingerprint density at radius 1 is 1.12 bits per heavy atom. The Bertz CT molecular complexity index is 657. The van der Waals surface area contributed by atoms with Crippen LogP contribution in [0.3, 0.4) is 0 Å². The van der Waals surface area contributed by atoms with E-state index in [-0.39, 0.29) is 11.6 Å². The first-order chi connectivity index (χ1) is 7.72. The standard InChI is InChI=1S/C11H7NO2S2/c13-7-2-1-6-3-9(16-8(6)4-7)11-12-10(14)5-15-11/h1-5,13-14H. The summed E-state index contributed by atoms with van der Waals surface area (Å²) in [6, 6.07) is 7.28. The lowest BCUT2D eigenvalue weighted by atomic mass is 10.2. The highest BCUT2D eigenvalue weighted by Crippen LogP contribution is 2.37. The van der Waals surface area contributed by atoms with Crippen molar-refractivity contribution < 1.29 is 10.2 Å². The molecular formula is C11H7NO2S2. The second-order valence-corrected chi connectivity index (χ2v) is 5.29. The quantitative estimate of drug-likeness (QED) is 0.694. The number of hydrogen-bond donors (Lipinski definition) is 2. The van der Waals surface area contributed by atoms with Gasteiger partial charge in [0.1, 0.15) is 10.8 Å². The Morgan fingerprint density at radius 2 is 2.00 bits per heavy atom. The Morgan fingerprint density at radius 3 is 2.75 bits per heavy atom. The van der Waals surface area contributed by atoms with Gasteiger partial charge in [-0.3, -0.25) is 0 Å². The zero-order valence-electron chi connectivity index (χ0n) is 8.04. The predicted molar refractivity (Wildman–Crippen MR) is 66.3 cm³/mol. The lowest BCUT2D eigenvalue weighted by Crippen LogP contribution is -1.66. The number of hydrogen-bond acceptors (Lipinski definition) is 5. The molecule has 0 aliphatic carbocycles. The summed E-state index contributed by atoms with van der Waals surface area (Å²) in [5.41, 5.74) is 0. The van der Waals surface area contributed by atoms with Crippen LogP contribution in [0.5, 0.6) is 11.6 Å². The van der Waals surface area contributed by atoms with Crippen molar-refractivity contribution in [2.75, 3.05) is 0 Å². The molecular weight excluding hydrogens is 242 g/mol. The average molecular weight is 249 g/mol. The van der Waals surface area contributed by atoms with Crippen molar-refractivity contribution in [3.63, 3.8) is 0 Å². The van der Waals surface area contributed by atoms with Gasteiger partial charge in [0.05, 0.1) is 10.3 Å².